The predicted molar refractivity (Wildman–Crippen MR) is 86.4 cm³/mol. The number of carbonyl (C=O) groups excluding carboxylic acids is 1. The van der Waals surface area contributed by atoms with Crippen LogP contribution in [-0.2, 0) is 9.53 Å². The van der Waals surface area contributed by atoms with Crippen molar-refractivity contribution < 1.29 is 9.53 Å². The first-order valence-electron chi connectivity index (χ1n) is 8.55. The molecule has 1 N–H and O–H groups in total. The molecule has 1 atom stereocenters. The molecule has 0 bridgehead atoms. The van der Waals surface area contributed by atoms with Crippen LogP contribution < -0.4 is 5.32 Å². The number of carbonyl (C=O) groups is 1. The van der Waals surface area contributed by atoms with Gasteiger partial charge in [0.1, 0.15) is 5.78 Å². The van der Waals surface area contributed by atoms with Gasteiger partial charge in [-0.15, -0.1) is 0 Å². The number of Topliss-reactive ketones (excluding diaryl/α,β-unsaturated/α-hetero) is 1. The second-order valence-corrected chi connectivity index (χ2v) is 7.50. The Balaban J connectivity index is 1.46. The third kappa shape index (κ3) is 3.89. The molecule has 0 saturated carbocycles. The summed E-state index contributed by atoms with van der Waals surface area (Å²) in [6.07, 6.45) is 4.10. The van der Waals surface area contributed by atoms with E-state index in [-0.39, 0.29) is 11.3 Å². The molecule has 0 amide bonds. The Hall–Kier alpha value is -0.910. The lowest BCUT2D eigenvalue weighted by molar-refractivity contribution is -0.125. The topological polar surface area (TPSA) is 44.8 Å². The minimum absolute atomic E-state index is 0.00835. The van der Waals surface area contributed by atoms with Crippen LogP contribution in [0.2, 0.25) is 0 Å². The molecule has 2 fully saturated rings. The van der Waals surface area contributed by atoms with Crippen LogP contribution in [0.25, 0.3) is 0 Å². The fourth-order valence-electron chi connectivity index (χ4n) is 3.73. The van der Waals surface area contributed by atoms with Gasteiger partial charge in [-0.3, -0.25) is 14.6 Å². The normalized spacial score (nSPS) is 29.6. The van der Waals surface area contributed by atoms with Crippen molar-refractivity contribution >= 4 is 5.78 Å². The van der Waals surface area contributed by atoms with Crippen molar-refractivity contribution in [1.29, 1.82) is 0 Å². The maximum atomic E-state index is 12.4. The zero-order chi connectivity index (χ0) is 15.6. The molecule has 3 aliphatic rings. The van der Waals surface area contributed by atoms with Crippen molar-refractivity contribution in [3.8, 4) is 0 Å². The fourth-order valence-corrected chi connectivity index (χ4v) is 3.73. The summed E-state index contributed by atoms with van der Waals surface area (Å²) in [5, 5.41) is 3.48. The number of hydrogen-bond acceptors (Lipinski definition) is 5. The number of rotatable bonds is 4. The van der Waals surface area contributed by atoms with E-state index in [1.165, 1.54) is 0 Å². The Morgan fingerprint density at radius 3 is 2.77 bits per heavy atom. The number of allylic oxidation sites excluding steroid dienone is 1. The number of morpholine rings is 1. The zero-order valence-electron chi connectivity index (χ0n) is 13.9. The van der Waals surface area contributed by atoms with Crippen LogP contribution in [0.4, 0.5) is 0 Å². The van der Waals surface area contributed by atoms with Gasteiger partial charge in [-0.25, -0.2) is 0 Å². The molecule has 0 unspecified atom stereocenters. The van der Waals surface area contributed by atoms with E-state index < -0.39 is 0 Å². The molecule has 1 aliphatic carbocycles. The highest BCUT2D eigenvalue weighted by Crippen LogP contribution is 2.34. The molecular formula is C17H29N3O2. The number of ketones is 1. The molecule has 2 saturated heterocycles. The molecule has 5 nitrogen and oxygen atoms in total. The van der Waals surface area contributed by atoms with E-state index in [0.717, 1.165) is 64.7 Å². The van der Waals surface area contributed by atoms with Gasteiger partial charge in [0.15, 0.2) is 0 Å². The summed E-state index contributed by atoms with van der Waals surface area (Å²) in [6, 6.07) is 0. The summed E-state index contributed by atoms with van der Waals surface area (Å²) in [5.74, 6) is 0.470. The molecular weight excluding hydrogens is 278 g/mol. The summed E-state index contributed by atoms with van der Waals surface area (Å²) in [4.78, 5) is 17.2. The molecule has 0 aromatic carbocycles. The number of nitrogens with one attached hydrogen (secondary N) is 1. The van der Waals surface area contributed by atoms with Crippen molar-refractivity contribution in [2.24, 2.45) is 11.3 Å². The number of nitrogens with zero attached hydrogens (tertiary/aromatic N) is 2. The highest BCUT2D eigenvalue weighted by molar-refractivity contribution is 5.86. The van der Waals surface area contributed by atoms with E-state index in [0.29, 0.717) is 12.2 Å². The number of ether oxygens (including phenoxy) is 1. The highest BCUT2D eigenvalue weighted by Gasteiger charge is 2.37. The Labute approximate surface area is 133 Å². The minimum atomic E-state index is 0.00835. The van der Waals surface area contributed by atoms with Gasteiger partial charge >= 0.3 is 0 Å². The second-order valence-electron chi connectivity index (χ2n) is 7.50. The van der Waals surface area contributed by atoms with Crippen LogP contribution >= 0.6 is 0 Å². The van der Waals surface area contributed by atoms with Gasteiger partial charge in [-0.05, 0) is 18.4 Å². The van der Waals surface area contributed by atoms with E-state index in [4.69, 9.17) is 4.74 Å². The third-order valence-electron chi connectivity index (χ3n) is 4.94. The van der Waals surface area contributed by atoms with Gasteiger partial charge in [0.25, 0.3) is 0 Å². The second kappa shape index (κ2) is 6.69. The molecule has 0 radical (unpaired) electrons. The Morgan fingerprint density at radius 2 is 2.00 bits per heavy atom. The lowest BCUT2D eigenvalue weighted by Gasteiger charge is -2.40. The van der Waals surface area contributed by atoms with Crippen molar-refractivity contribution in [3.05, 3.63) is 11.8 Å². The molecule has 5 heteroatoms. The summed E-state index contributed by atoms with van der Waals surface area (Å²) >= 11 is 0. The average Bonchev–Trinajstić information content (AvgIpc) is 2.48. The van der Waals surface area contributed by atoms with Gasteiger partial charge in [0, 0.05) is 38.3 Å². The summed E-state index contributed by atoms with van der Waals surface area (Å²) in [5.41, 5.74) is 1.17. The fraction of sp³-hybridized carbons (Fsp3) is 0.824. The maximum Gasteiger partial charge on any atom is 0.143 e. The first-order valence-corrected chi connectivity index (χ1v) is 8.55. The number of fused-ring (bicyclic) bond motifs is 1. The molecule has 3 rings (SSSR count). The monoisotopic (exact) mass is 307 g/mol. The quantitative estimate of drug-likeness (QED) is 0.842. The molecule has 2 heterocycles. The van der Waals surface area contributed by atoms with Gasteiger partial charge in [0.2, 0.25) is 0 Å². The van der Waals surface area contributed by atoms with Crippen molar-refractivity contribution in [3.63, 3.8) is 0 Å². The lowest BCUT2D eigenvalue weighted by Crippen LogP contribution is -2.51. The van der Waals surface area contributed by atoms with Crippen LogP contribution in [0.3, 0.4) is 0 Å². The maximum absolute atomic E-state index is 12.4. The van der Waals surface area contributed by atoms with Crippen LogP contribution in [0, 0.1) is 11.3 Å². The largest absolute Gasteiger partial charge is 0.379 e. The SMILES string of the molecule is CC1(C)C=C2NCN(CCCN3CCOCC3)C[C@@H]2C(=O)C1. The molecule has 22 heavy (non-hydrogen) atoms. The van der Waals surface area contributed by atoms with Gasteiger partial charge < -0.3 is 10.1 Å². The zero-order valence-corrected chi connectivity index (χ0v) is 13.9. The Bertz CT molecular complexity index is 441. The van der Waals surface area contributed by atoms with E-state index in [1.807, 2.05) is 0 Å². The standard InChI is InChI=1S/C17H29N3O2/c1-17(2)10-15-14(16(21)11-17)12-20(13-18-15)5-3-4-19-6-8-22-9-7-19/h10,14,18H,3-9,11-13H2,1-2H3/t14-/m0/s1. The smallest absolute Gasteiger partial charge is 0.143 e. The van der Waals surface area contributed by atoms with E-state index >= 15 is 0 Å². The minimum Gasteiger partial charge on any atom is -0.379 e. The lowest BCUT2D eigenvalue weighted by atomic mass is 9.75. The van der Waals surface area contributed by atoms with Crippen molar-refractivity contribution in [2.75, 3.05) is 52.6 Å². The molecule has 124 valence electrons. The molecule has 0 spiro atoms. The Kier molecular flexibility index (Phi) is 4.85. The van der Waals surface area contributed by atoms with Crippen molar-refractivity contribution in [2.45, 2.75) is 26.7 Å². The average molecular weight is 307 g/mol. The van der Waals surface area contributed by atoms with E-state index in [2.05, 4.69) is 35.0 Å². The first-order chi connectivity index (χ1) is 10.5. The van der Waals surface area contributed by atoms with Gasteiger partial charge in [-0.1, -0.05) is 19.9 Å². The third-order valence-corrected chi connectivity index (χ3v) is 4.94. The van der Waals surface area contributed by atoms with Crippen LogP contribution in [0.1, 0.15) is 26.7 Å². The first kappa shape index (κ1) is 16.0. The predicted octanol–water partition coefficient (Wildman–Crippen LogP) is 1.07. The van der Waals surface area contributed by atoms with Gasteiger partial charge in [-0.2, -0.15) is 0 Å². The Morgan fingerprint density at radius 1 is 1.27 bits per heavy atom. The van der Waals surface area contributed by atoms with E-state index in [1.54, 1.807) is 0 Å². The van der Waals surface area contributed by atoms with Gasteiger partial charge in [0.05, 0.1) is 25.8 Å². The van der Waals surface area contributed by atoms with Crippen LogP contribution in [0.5, 0.6) is 0 Å². The summed E-state index contributed by atoms with van der Waals surface area (Å²) in [7, 11) is 0. The van der Waals surface area contributed by atoms with Crippen molar-refractivity contribution in [1.82, 2.24) is 15.1 Å². The van der Waals surface area contributed by atoms with Crippen LogP contribution in [-0.4, -0.2) is 68.2 Å². The number of hydrogen-bond donors (Lipinski definition) is 1. The highest BCUT2D eigenvalue weighted by atomic mass is 16.5. The summed E-state index contributed by atoms with van der Waals surface area (Å²) < 4.78 is 5.38. The molecule has 0 aromatic heterocycles. The van der Waals surface area contributed by atoms with Crippen LogP contribution in [0.15, 0.2) is 11.8 Å². The summed E-state index contributed by atoms with van der Waals surface area (Å²) in [6.45, 7) is 12.1. The van der Waals surface area contributed by atoms with E-state index in [9.17, 15) is 4.79 Å². The molecule has 0 aromatic rings. The molecule has 2 aliphatic heterocycles.